The highest BCUT2D eigenvalue weighted by Gasteiger charge is 2.21. The van der Waals surface area contributed by atoms with Crippen LogP contribution >= 0.6 is 11.6 Å². The fraction of sp³-hybridized carbons (Fsp3) is 0.471. The number of benzene rings is 1. The Bertz CT molecular complexity index is 665. The summed E-state index contributed by atoms with van der Waals surface area (Å²) < 4.78 is 15.6. The maximum absolute atomic E-state index is 13.4. The van der Waals surface area contributed by atoms with Crippen LogP contribution in [0.2, 0.25) is 5.02 Å². The average Bonchev–Trinajstić information content (AvgIpc) is 3.00. The Hall–Kier alpha value is -1.43. The van der Waals surface area contributed by atoms with E-state index in [1.54, 1.807) is 12.1 Å². The van der Waals surface area contributed by atoms with Crippen LogP contribution < -0.4 is 10.6 Å². The van der Waals surface area contributed by atoms with Crippen molar-refractivity contribution in [3.63, 3.8) is 0 Å². The molecule has 1 aromatic carbocycles. The molecule has 0 saturated carbocycles. The van der Waals surface area contributed by atoms with Crippen molar-refractivity contribution in [3.05, 3.63) is 41.1 Å². The summed E-state index contributed by atoms with van der Waals surface area (Å²) in [6.07, 6.45) is 4.25. The summed E-state index contributed by atoms with van der Waals surface area (Å²) in [6.45, 7) is 3.82. The summed E-state index contributed by atoms with van der Waals surface area (Å²) in [6, 6.07) is 4.78. The molecule has 1 aliphatic rings. The van der Waals surface area contributed by atoms with Crippen molar-refractivity contribution in [2.75, 3.05) is 26.7 Å². The predicted octanol–water partition coefficient (Wildman–Crippen LogP) is 3.03. The highest BCUT2D eigenvalue weighted by atomic mass is 35.5. The molecule has 3 rings (SSSR count). The SMILES string of the molecule is CNCCn1cc(-c2ccc(F)c(Cl)c2)nc1C1CCNCC1. The zero-order valence-corrected chi connectivity index (χ0v) is 14.0. The minimum atomic E-state index is -0.399. The van der Waals surface area contributed by atoms with Gasteiger partial charge in [-0.2, -0.15) is 0 Å². The zero-order chi connectivity index (χ0) is 16.2. The quantitative estimate of drug-likeness (QED) is 0.882. The van der Waals surface area contributed by atoms with Gasteiger partial charge in [0, 0.05) is 30.8 Å². The third-order valence-corrected chi connectivity index (χ3v) is 4.62. The van der Waals surface area contributed by atoms with Gasteiger partial charge in [0.1, 0.15) is 11.6 Å². The lowest BCUT2D eigenvalue weighted by atomic mass is 9.97. The number of piperidine rings is 1. The molecule has 0 atom stereocenters. The summed E-state index contributed by atoms with van der Waals surface area (Å²) in [5.74, 6) is 1.19. The van der Waals surface area contributed by atoms with Crippen molar-refractivity contribution in [2.45, 2.75) is 25.3 Å². The second-order valence-electron chi connectivity index (χ2n) is 5.93. The van der Waals surface area contributed by atoms with E-state index in [0.717, 1.165) is 56.1 Å². The Morgan fingerprint density at radius 3 is 2.87 bits per heavy atom. The number of halogens is 2. The van der Waals surface area contributed by atoms with Gasteiger partial charge < -0.3 is 15.2 Å². The number of nitrogens with zero attached hydrogens (tertiary/aromatic N) is 2. The van der Waals surface area contributed by atoms with Gasteiger partial charge in [0.05, 0.1) is 10.7 Å². The number of rotatable bonds is 5. The van der Waals surface area contributed by atoms with Gasteiger partial charge in [-0.25, -0.2) is 9.37 Å². The van der Waals surface area contributed by atoms with Crippen molar-refractivity contribution < 1.29 is 4.39 Å². The van der Waals surface area contributed by atoms with Crippen LogP contribution in [0.25, 0.3) is 11.3 Å². The highest BCUT2D eigenvalue weighted by Crippen LogP contribution is 2.29. The number of imidazole rings is 1. The Labute approximate surface area is 141 Å². The van der Waals surface area contributed by atoms with Crippen LogP contribution in [0.3, 0.4) is 0 Å². The third-order valence-electron chi connectivity index (χ3n) is 4.33. The van der Waals surface area contributed by atoms with Gasteiger partial charge in [-0.05, 0) is 51.2 Å². The number of hydrogen-bond donors (Lipinski definition) is 2. The second kappa shape index (κ2) is 7.43. The molecule has 1 aromatic heterocycles. The molecule has 1 fully saturated rings. The number of nitrogens with one attached hydrogen (secondary N) is 2. The van der Waals surface area contributed by atoms with E-state index in [4.69, 9.17) is 16.6 Å². The molecule has 0 bridgehead atoms. The lowest BCUT2D eigenvalue weighted by Gasteiger charge is -2.23. The average molecular weight is 337 g/mol. The Morgan fingerprint density at radius 2 is 2.17 bits per heavy atom. The van der Waals surface area contributed by atoms with Crippen molar-refractivity contribution in [2.24, 2.45) is 0 Å². The van der Waals surface area contributed by atoms with E-state index < -0.39 is 5.82 Å². The van der Waals surface area contributed by atoms with E-state index >= 15 is 0 Å². The minimum absolute atomic E-state index is 0.135. The number of likely N-dealkylation sites (N-methyl/N-ethyl adjacent to an activating group) is 1. The third kappa shape index (κ3) is 3.74. The predicted molar refractivity (Wildman–Crippen MR) is 91.4 cm³/mol. The van der Waals surface area contributed by atoms with E-state index in [1.165, 1.54) is 6.07 Å². The molecular formula is C17H22ClFN4. The van der Waals surface area contributed by atoms with Crippen LogP contribution in [-0.2, 0) is 6.54 Å². The zero-order valence-electron chi connectivity index (χ0n) is 13.3. The molecule has 2 aromatic rings. The Morgan fingerprint density at radius 1 is 1.39 bits per heavy atom. The van der Waals surface area contributed by atoms with Crippen molar-refractivity contribution in [1.29, 1.82) is 0 Å². The van der Waals surface area contributed by atoms with Crippen LogP contribution in [0.4, 0.5) is 4.39 Å². The summed E-state index contributed by atoms with van der Waals surface area (Å²) in [7, 11) is 1.95. The summed E-state index contributed by atoms with van der Waals surface area (Å²) in [5.41, 5.74) is 1.71. The van der Waals surface area contributed by atoms with Gasteiger partial charge in [0.2, 0.25) is 0 Å². The molecule has 1 saturated heterocycles. The van der Waals surface area contributed by atoms with Gasteiger partial charge in [-0.1, -0.05) is 11.6 Å². The maximum atomic E-state index is 13.4. The van der Waals surface area contributed by atoms with Gasteiger partial charge in [0.15, 0.2) is 0 Å². The molecule has 6 heteroatoms. The van der Waals surface area contributed by atoms with E-state index in [-0.39, 0.29) is 5.02 Å². The van der Waals surface area contributed by atoms with Crippen LogP contribution in [0, 0.1) is 5.82 Å². The monoisotopic (exact) mass is 336 g/mol. The van der Waals surface area contributed by atoms with E-state index in [2.05, 4.69) is 21.4 Å². The molecule has 0 unspecified atom stereocenters. The summed E-state index contributed by atoms with van der Waals surface area (Å²) in [4.78, 5) is 4.85. The first-order valence-corrected chi connectivity index (χ1v) is 8.44. The molecule has 0 aliphatic carbocycles. The fourth-order valence-electron chi connectivity index (χ4n) is 3.04. The first-order valence-electron chi connectivity index (χ1n) is 8.07. The molecule has 2 heterocycles. The topological polar surface area (TPSA) is 41.9 Å². The largest absolute Gasteiger partial charge is 0.333 e. The van der Waals surface area contributed by atoms with E-state index in [1.807, 2.05) is 7.05 Å². The molecule has 0 radical (unpaired) electrons. The van der Waals surface area contributed by atoms with Crippen molar-refractivity contribution in [3.8, 4) is 11.3 Å². The fourth-order valence-corrected chi connectivity index (χ4v) is 3.22. The lowest BCUT2D eigenvalue weighted by Crippen LogP contribution is -2.28. The summed E-state index contributed by atoms with van der Waals surface area (Å²) in [5, 5.41) is 6.71. The van der Waals surface area contributed by atoms with E-state index in [9.17, 15) is 4.39 Å². The molecule has 1 aliphatic heterocycles. The first-order chi connectivity index (χ1) is 11.2. The smallest absolute Gasteiger partial charge is 0.141 e. The van der Waals surface area contributed by atoms with Crippen LogP contribution in [0.5, 0.6) is 0 Å². The summed E-state index contributed by atoms with van der Waals surface area (Å²) >= 11 is 5.91. The van der Waals surface area contributed by atoms with Gasteiger partial charge in [-0.15, -0.1) is 0 Å². The molecule has 2 N–H and O–H groups in total. The molecule has 0 amide bonds. The molecule has 124 valence electrons. The van der Waals surface area contributed by atoms with Gasteiger partial charge in [0.25, 0.3) is 0 Å². The van der Waals surface area contributed by atoms with Gasteiger partial charge >= 0.3 is 0 Å². The van der Waals surface area contributed by atoms with Crippen LogP contribution in [0.1, 0.15) is 24.6 Å². The highest BCUT2D eigenvalue weighted by molar-refractivity contribution is 6.31. The van der Waals surface area contributed by atoms with E-state index in [0.29, 0.717) is 5.92 Å². The molecule has 0 spiro atoms. The standard InChI is InChI=1S/C17H22ClFN4/c1-20-8-9-23-11-16(13-2-3-15(19)14(18)10-13)22-17(23)12-4-6-21-7-5-12/h2-3,10-12,20-21H,4-9H2,1H3. The number of aromatic nitrogens is 2. The van der Waals surface area contributed by atoms with Crippen LogP contribution in [0.15, 0.2) is 24.4 Å². The molecule has 4 nitrogen and oxygen atoms in total. The lowest BCUT2D eigenvalue weighted by molar-refractivity contribution is 0.429. The molecular weight excluding hydrogens is 315 g/mol. The Balaban J connectivity index is 1.94. The first kappa shape index (κ1) is 16.4. The van der Waals surface area contributed by atoms with Gasteiger partial charge in [-0.3, -0.25) is 0 Å². The second-order valence-corrected chi connectivity index (χ2v) is 6.34. The molecule has 23 heavy (non-hydrogen) atoms. The minimum Gasteiger partial charge on any atom is -0.333 e. The Kier molecular flexibility index (Phi) is 5.30. The maximum Gasteiger partial charge on any atom is 0.141 e. The normalized spacial score (nSPS) is 16.0. The van der Waals surface area contributed by atoms with Crippen molar-refractivity contribution >= 4 is 11.6 Å². The van der Waals surface area contributed by atoms with Crippen LogP contribution in [-0.4, -0.2) is 36.2 Å². The van der Waals surface area contributed by atoms with Crippen molar-refractivity contribution in [1.82, 2.24) is 20.2 Å². The number of hydrogen-bond acceptors (Lipinski definition) is 3.